The number of hydrogen-bond donors (Lipinski definition) is 0. The summed E-state index contributed by atoms with van der Waals surface area (Å²) >= 11 is 0. The van der Waals surface area contributed by atoms with Crippen LogP contribution in [0.2, 0.25) is 0 Å². The maximum absolute atomic E-state index is 2.62. The van der Waals surface area contributed by atoms with Crippen molar-refractivity contribution < 1.29 is 0 Å². The quantitative estimate of drug-likeness (QED) is 0.373. The molecule has 0 spiro atoms. The predicted molar refractivity (Wildman–Crippen MR) is 147 cm³/mol. The second-order valence-electron chi connectivity index (χ2n) is 10.7. The van der Waals surface area contributed by atoms with Gasteiger partial charge in [-0.1, -0.05) is 110 Å². The van der Waals surface area contributed by atoms with Gasteiger partial charge in [-0.15, -0.1) is 0 Å². The van der Waals surface area contributed by atoms with Gasteiger partial charge < -0.3 is 0 Å². The summed E-state index contributed by atoms with van der Waals surface area (Å²) in [6, 6.07) is 0. The lowest BCUT2D eigenvalue weighted by Crippen LogP contribution is -2.43. The molecule has 0 aliphatic heterocycles. The fourth-order valence-electron chi connectivity index (χ4n) is 6.81. The van der Waals surface area contributed by atoms with Crippen LogP contribution in [0, 0.1) is 35.0 Å². The maximum atomic E-state index is 2.62. The Morgan fingerprint density at radius 1 is 0.969 bits per heavy atom. The van der Waals surface area contributed by atoms with Gasteiger partial charge in [-0.25, -0.2) is 0 Å². The molecule has 0 aromatic rings. The van der Waals surface area contributed by atoms with Crippen molar-refractivity contribution in [3.8, 4) is 0 Å². The predicted octanol–water partition coefficient (Wildman–Crippen LogP) is 10.9. The summed E-state index contributed by atoms with van der Waals surface area (Å²) in [6.45, 7) is 17.5. The first-order valence-corrected chi connectivity index (χ1v) is 14.1. The van der Waals surface area contributed by atoms with E-state index in [2.05, 4.69) is 45.9 Å². The SMILES string of the molecule is C.CC.CC.CC1CC1.CCC/C=C1/CCC2C3CCC4CC(C)=CC=C4C3CCC12C. The lowest BCUT2D eigenvalue weighted by molar-refractivity contribution is 0.0455. The van der Waals surface area contributed by atoms with Gasteiger partial charge in [0.25, 0.3) is 0 Å². The highest BCUT2D eigenvalue weighted by molar-refractivity contribution is 5.32. The fraction of sp³-hybridized carbons (Fsp3) is 0.812. The van der Waals surface area contributed by atoms with Gasteiger partial charge >= 0.3 is 0 Å². The summed E-state index contributed by atoms with van der Waals surface area (Å²) in [4.78, 5) is 0. The second-order valence-corrected chi connectivity index (χ2v) is 10.7. The van der Waals surface area contributed by atoms with Crippen LogP contribution in [0.15, 0.2) is 34.9 Å². The minimum atomic E-state index is 0. The first kappa shape index (κ1) is 29.3. The van der Waals surface area contributed by atoms with Gasteiger partial charge in [0.05, 0.1) is 0 Å². The normalized spacial score (nSPS) is 35.4. The molecule has 5 rings (SSSR count). The molecule has 4 fully saturated rings. The smallest absolute Gasteiger partial charge is 0.00850 e. The van der Waals surface area contributed by atoms with E-state index in [1.807, 2.05) is 38.8 Å². The summed E-state index contributed by atoms with van der Waals surface area (Å²) in [7, 11) is 0. The van der Waals surface area contributed by atoms with Crippen molar-refractivity contribution in [2.45, 2.75) is 133 Å². The van der Waals surface area contributed by atoms with Crippen LogP contribution in [0.4, 0.5) is 0 Å². The number of fused-ring (bicyclic) bond motifs is 5. The highest BCUT2D eigenvalue weighted by Crippen LogP contribution is 2.63. The van der Waals surface area contributed by atoms with Gasteiger partial charge in [-0.2, -0.15) is 0 Å². The van der Waals surface area contributed by atoms with Crippen molar-refractivity contribution in [1.29, 1.82) is 0 Å². The van der Waals surface area contributed by atoms with E-state index in [1.165, 1.54) is 70.6 Å². The van der Waals surface area contributed by atoms with Crippen molar-refractivity contribution in [2.75, 3.05) is 0 Å². The van der Waals surface area contributed by atoms with Crippen LogP contribution in [0.25, 0.3) is 0 Å². The first-order chi connectivity index (χ1) is 15.0. The summed E-state index contributed by atoms with van der Waals surface area (Å²) in [6.07, 6.45) is 23.2. The molecule has 5 aliphatic carbocycles. The van der Waals surface area contributed by atoms with E-state index in [-0.39, 0.29) is 7.43 Å². The van der Waals surface area contributed by atoms with Gasteiger partial charge in [0, 0.05) is 0 Å². The van der Waals surface area contributed by atoms with Gasteiger partial charge in [-0.3, -0.25) is 0 Å². The summed E-state index contributed by atoms with van der Waals surface area (Å²) in [5.41, 5.74) is 5.83. The fourth-order valence-corrected chi connectivity index (χ4v) is 6.81. The van der Waals surface area contributed by atoms with Crippen LogP contribution < -0.4 is 0 Å². The molecule has 0 aromatic carbocycles. The lowest BCUT2D eigenvalue weighted by atomic mass is 9.53. The monoisotopic (exact) mass is 442 g/mol. The van der Waals surface area contributed by atoms with Crippen LogP contribution in [0.5, 0.6) is 0 Å². The Bertz CT molecular complexity index is 628. The average molecular weight is 443 g/mol. The second kappa shape index (κ2) is 13.8. The van der Waals surface area contributed by atoms with Crippen molar-refractivity contribution in [2.24, 2.45) is 35.0 Å². The third-order valence-corrected chi connectivity index (χ3v) is 8.71. The van der Waals surface area contributed by atoms with Gasteiger partial charge in [0.2, 0.25) is 0 Å². The van der Waals surface area contributed by atoms with E-state index in [4.69, 9.17) is 0 Å². The summed E-state index contributed by atoms with van der Waals surface area (Å²) in [5, 5.41) is 0. The molecule has 186 valence electrons. The molecule has 4 saturated carbocycles. The Morgan fingerprint density at radius 2 is 1.62 bits per heavy atom. The number of rotatable bonds is 2. The molecular formula is C32H58. The Labute approximate surface area is 203 Å². The Balaban J connectivity index is 0.000000496. The molecule has 5 atom stereocenters. The third kappa shape index (κ3) is 6.64. The molecule has 0 nitrogen and oxygen atoms in total. The largest absolute Gasteiger partial charge is 0.0848 e. The van der Waals surface area contributed by atoms with Crippen LogP contribution in [-0.2, 0) is 0 Å². The van der Waals surface area contributed by atoms with E-state index in [1.54, 1.807) is 5.57 Å². The number of allylic oxidation sites excluding steroid dienone is 6. The van der Waals surface area contributed by atoms with Crippen molar-refractivity contribution in [3.05, 3.63) is 34.9 Å². The molecule has 5 unspecified atom stereocenters. The number of hydrogen-bond acceptors (Lipinski definition) is 0. The minimum absolute atomic E-state index is 0. The van der Waals surface area contributed by atoms with Crippen molar-refractivity contribution in [1.82, 2.24) is 0 Å². The zero-order chi connectivity index (χ0) is 23.0. The van der Waals surface area contributed by atoms with Crippen LogP contribution in [0.3, 0.4) is 0 Å². The zero-order valence-corrected chi connectivity index (χ0v) is 22.4. The number of unbranched alkanes of at least 4 members (excludes halogenated alkanes) is 1. The molecule has 5 aliphatic rings. The van der Waals surface area contributed by atoms with Crippen molar-refractivity contribution in [3.63, 3.8) is 0 Å². The van der Waals surface area contributed by atoms with E-state index < -0.39 is 0 Å². The lowest BCUT2D eigenvalue weighted by Gasteiger charge is -2.52. The Hall–Kier alpha value is -0.780. The summed E-state index contributed by atoms with van der Waals surface area (Å²) < 4.78 is 0. The molecule has 0 radical (unpaired) electrons. The first-order valence-electron chi connectivity index (χ1n) is 14.1. The van der Waals surface area contributed by atoms with E-state index in [9.17, 15) is 0 Å². The van der Waals surface area contributed by atoms with Gasteiger partial charge in [0.1, 0.15) is 0 Å². The van der Waals surface area contributed by atoms with Crippen molar-refractivity contribution >= 4 is 0 Å². The van der Waals surface area contributed by atoms with Gasteiger partial charge in [-0.05, 0) is 93.3 Å². The van der Waals surface area contributed by atoms with E-state index >= 15 is 0 Å². The van der Waals surface area contributed by atoms with Crippen LogP contribution >= 0.6 is 0 Å². The standard InChI is InChI=1S/C23H34.C4H8.2C2H6.CH4/c1-4-5-6-18-9-12-22-21-11-8-17-15-16(2)7-10-19(17)20(21)13-14-23(18,22)3;1-4-2-3-4;2*1-2;/h6-7,10,17,20-22H,4-5,8-9,11-15H2,1-3H3;4H,2-3H2,1H3;2*1-2H3;1H4/b18-6-;;;;. The van der Waals surface area contributed by atoms with Crippen LogP contribution in [-0.4, -0.2) is 0 Å². The average Bonchev–Trinajstić information content (AvgIpc) is 3.51. The van der Waals surface area contributed by atoms with E-state index in [0.29, 0.717) is 5.41 Å². The van der Waals surface area contributed by atoms with Crippen LogP contribution in [0.1, 0.15) is 133 Å². The molecule has 0 bridgehead atoms. The highest BCUT2D eigenvalue weighted by Gasteiger charge is 2.53. The molecule has 0 aromatic heterocycles. The molecule has 0 amide bonds. The topological polar surface area (TPSA) is 0 Å². The highest BCUT2D eigenvalue weighted by atomic mass is 14.6. The third-order valence-electron chi connectivity index (χ3n) is 8.71. The molecular weight excluding hydrogens is 384 g/mol. The van der Waals surface area contributed by atoms with E-state index in [0.717, 1.165) is 29.6 Å². The molecule has 0 saturated heterocycles. The summed E-state index contributed by atoms with van der Waals surface area (Å²) in [5.74, 6) is 4.85. The molecule has 0 N–H and O–H groups in total. The minimum Gasteiger partial charge on any atom is -0.0848 e. The maximum Gasteiger partial charge on any atom is -0.00850 e. The zero-order valence-electron chi connectivity index (χ0n) is 22.4. The Morgan fingerprint density at radius 3 is 2.22 bits per heavy atom. The van der Waals surface area contributed by atoms with Gasteiger partial charge in [0.15, 0.2) is 0 Å². The molecule has 0 heterocycles. The molecule has 0 heteroatoms. The Kier molecular flexibility index (Phi) is 12.6. The molecule has 32 heavy (non-hydrogen) atoms.